The predicted molar refractivity (Wildman–Crippen MR) is 112 cm³/mol. The fourth-order valence-electron chi connectivity index (χ4n) is 3.24. The molecule has 0 N–H and O–H groups in total. The molecule has 0 aliphatic carbocycles. The normalized spacial score (nSPS) is 10.8. The Bertz CT molecular complexity index is 1270. The van der Waals surface area contributed by atoms with E-state index >= 15 is 0 Å². The third-order valence-corrected chi connectivity index (χ3v) is 5.04. The zero-order valence-electron chi connectivity index (χ0n) is 16.1. The van der Waals surface area contributed by atoms with Crippen LogP contribution in [0.4, 0.5) is 0 Å². The average Bonchev–Trinajstić information content (AvgIpc) is 3.19. The number of rotatable bonds is 4. The van der Waals surface area contributed by atoms with Gasteiger partial charge in [0, 0.05) is 17.1 Å². The molecule has 8 heteroatoms. The molecule has 2 heterocycles. The van der Waals surface area contributed by atoms with Crippen molar-refractivity contribution in [3.05, 3.63) is 77.1 Å². The van der Waals surface area contributed by atoms with Crippen LogP contribution in [0, 0.1) is 0 Å². The van der Waals surface area contributed by atoms with Crippen LogP contribution in [0.15, 0.2) is 60.8 Å². The lowest BCUT2D eigenvalue weighted by Gasteiger charge is -2.07. The first-order chi connectivity index (χ1) is 14.6. The molecule has 7 nitrogen and oxygen atoms in total. The van der Waals surface area contributed by atoms with Crippen molar-refractivity contribution in [2.75, 3.05) is 14.2 Å². The Kier molecular flexibility index (Phi) is 5.20. The number of hydrogen-bond donors (Lipinski definition) is 0. The van der Waals surface area contributed by atoms with E-state index in [4.69, 9.17) is 21.1 Å². The minimum Gasteiger partial charge on any atom is -0.465 e. The molecule has 2 aromatic carbocycles. The quantitative estimate of drug-likeness (QED) is 0.456. The Balaban J connectivity index is 2.08. The highest BCUT2D eigenvalue weighted by atomic mass is 35.5. The number of methoxy groups -OCH3 is 2. The zero-order valence-corrected chi connectivity index (χ0v) is 16.9. The van der Waals surface area contributed by atoms with Crippen LogP contribution < -0.4 is 0 Å². The van der Waals surface area contributed by atoms with Gasteiger partial charge in [-0.05, 0) is 36.4 Å². The number of benzene rings is 2. The van der Waals surface area contributed by atoms with E-state index in [0.717, 1.165) is 0 Å². The Morgan fingerprint density at radius 2 is 1.67 bits per heavy atom. The number of carbonyl (C=O) groups excluding carboxylic acids is 2. The van der Waals surface area contributed by atoms with Gasteiger partial charge >= 0.3 is 11.9 Å². The van der Waals surface area contributed by atoms with Crippen molar-refractivity contribution in [1.82, 2.24) is 14.8 Å². The summed E-state index contributed by atoms with van der Waals surface area (Å²) >= 11 is 6.66. The SMILES string of the molecule is COC(=O)c1c(-c2ccc3ncccc3c2Cl)nn(-c2ccccc2)c1C(=O)OC. The number of fused-ring (bicyclic) bond motifs is 1. The standard InChI is InChI=1S/C22H16ClN3O4/c1-29-21(27)17-19(15-10-11-16-14(18(15)23)9-6-12-24-16)25-26(20(17)22(28)30-2)13-7-4-3-5-8-13/h3-12H,1-2H3. The monoisotopic (exact) mass is 421 g/mol. The average molecular weight is 422 g/mol. The van der Waals surface area contributed by atoms with Gasteiger partial charge in [0.25, 0.3) is 0 Å². The molecular weight excluding hydrogens is 406 g/mol. The van der Waals surface area contributed by atoms with Crippen molar-refractivity contribution < 1.29 is 19.1 Å². The van der Waals surface area contributed by atoms with Crippen molar-refractivity contribution in [3.63, 3.8) is 0 Å². The number of ether oxygens (including phenoxy) is 2. The number of carbonyl (C=O) groups is 2. The molecule has 0 atom stereocenters. The van der Waals surface area contributed by atoms with Gasteiger partial charge in [-0.1, -0.05) is 29.8 Å². The number of hydrogen-bond acceptors (Lipinski definition) is 6. The van der Waals surface area contributed by atoms with Gasteiger partial charge in [0.05, 0.1) is 30.4 Å². The smallest absolute Gasteiger partial charge is 0.357 e. The summed E-state index contributed by atoms with van der Waals surface area (Å²) in [6.07, 6.45) is 1.66. The van der Waals surface area contributed by atoms with Crippen LogP contribution in [-0.2, 0) is 9.47 Å². The lowest BCUT2D eigenvalue weighted by Crippen LogP contribution is -2.15. The Labute approximate surface area is 176 Å². The molecule has 0 aliphatic rings. The number of para-hydroxylation sites is 1. The van der Waals surface area contributed by atoms with Gasteiger partial charge in [-0.2, -0.15) is 5.10 Å². The molecule has 30 heavy (non-hydrogen) atoms. The molecule has 0 saturated heterocycles. The van der Waals surface area contributed by atoms with Crippen LogP contribution in [0.1, 0.15) is 20.8 Å². The number of nitrogens with zero attached hydrogens (tertiary/aromatic N) is 3. The molecule has 0 unspecified atom stereocenters. The molecule has 150 valence electrons. The van der Waals surface area contributed by atoms with E-state index in [1.54, 1.807) is 48.7 Å². The zero-order chi connectivity index (χ0) is 21.3. The van der Waals surface area contributed by atoms with E-state index in [1.165, 1.54) is 18.9 Å². The minimum atomic E-state index is -0.727. The highest BCUT2D eigenvalue weighted by Crippen LogP contribution is 2.37. The highest BCUT2D eigenvalue weighted by Gasteiger charge is 2.32. The number of pyridine rings is 1. The minimum absolute atomic E-state index is 0.0293. The maximum atomic E-state index is 12.7. The van der Waals surface area contributed by atoms with Crippen molar-refractivity contribution in [2.45, 2.75) is 0 Å². The van der Waals surface area contributed by atoms with E-state index in [0.29, 0.717) is 27.2 Å². The molecule has 0 radical (unpaired) electrons. The van der Waals surface area contributed by atoms with Crippen molar-refractivity contribution in [3.8, 4) is 16.9 Å². The third-order valence-electron chi connectivity index (χ3n) is 4.63. The molecule has 0 bridgehead atoms. The summed E-state index contributed by atoms with van der Waals surface area (Å²) < 4.78 is 11.2. The fraction of sp³-hybridized carbons (Fsp3) is 0.0909. The maximum absolute atomic E-state index is 12.7. The molecule has 0 fully saturated rings. The largest absolute Gasteiger partial charge is 0.465 e. The topological polar surface area (TPSA) is 83.3 Å². The van der Waals surface area contributed by atoms with Crippen LogP contribution in [-0.4, -0.2) is 40.9 Å². The van der Waals surface area contributed by atoms with Gasteiger partial charge in [0.15, 0.2) is 5.69 Å². The van der Waals surface area contributed by atoms with Crippen LogP contribution >= 0.6 is 11.6 Å². The second kappa shape index (κ2) is 7.96. The van der Waals surface area contributed by atoms with Crippen LogP contribution in [0.2, 0.25) is 5.02 Å². The van der Waals surface area contributed by atoms with Gasteiger partial charge in [-0.15, -0.1) is 0 Å². The predicted octanol–water partition coefficient (Wildman–Crippen LogP) is 4.31. The van der Waals surface area contributed by atoms with Gasteiger partial charge in [-0.3, -0.25) is 4.98 Å². The summed E-state index contributed by atoms with van der Waals surface area (Å²) in [5, 5.41) is 5.62. The van der Waals surface area contributed by atoms with Gasteiger partial charge in [0.1, 0.15) is 11.3 Å². The van der Waals surface area contributed by atoms with E-state index in [2.05, 4.69) is 10.1 Å². The summed E-state index contributed by atoms with van der Waals surface area (Å²) in [5.74, 6) is -1.45. The molecule has 4 rings (SSSR count). The Morgan fingerprint density at radius 3 is 2.37 bits per heavy atom. The molecular formula is C22H16ClN3O4. The Hall–Kier alpha value is -3.71. The third kappa shape index (κ3) is 3.19. The van der Waals surface area contributed by atoms with E-state index < -0.39 is 11.9 Å². The highest BCUT2D eigenvalue weighted by molar-refractivity contribution is 6.38. The lowest BCUT2D eigenvalue weighted by atomic mass is 10.0. The van der Waals surface area contributed by atoms with Crippen molar-refractivity contribution in [2.24, 2.45) is 0 Å². The van der Waals surface area contributed by atoms with Crippen LogP contribution in [0.3, 0.4) is 0 Å². The molecule has 0 aliphatic heterocycles. The molecule has 0 amide bonds. The maximum Gasteiger partial charge on any atom is 0.357 e. The van der Waals surface area contributed by atoms with Crippen molar-refractivity contribution >= 4 is 34.4 Å². The van der Waals surface area contributed by atoms with Crippen LogP contribution in [0.25, 0.3) is 27.8 Å². The number of halogens is 1. The van der Waals surface area contributed by atoms with E-state index in [-0.39, 0.29) is 17.0 Å². The number of aromatic nitrogens is 3. The first kappa shape index (κ1) is 19.6. The Morgan fingerprint density at radius 1 is 0.933 bits per heavy atom. The second-order valence-corrected chi connectivity index (χ2v) is 6.68. The molecule has 4 aromatic rings. The fourth-order valence-corrected chi connectivity index (χ4v) is 3.55. The van der Waals surface area contributed by atoms with Crippen LogP contribution in [0.5, 0.6) is 0 Å². The summed E-state index contributed by atoms with van der Waals surface area (Å²) in [4.78, 5) is 29.7. The van der Waals surface area contributed by atoms with Gasteiger partial charge < -0.3 is 9.47 Å². The summed E-state index contributed by atoms with van der Waals surface area (Å²) in [5.41, 5.74) is 1.87. The lowest BCUT2D eigenvalue weighted by molar-refractivity contribution is 0.0549. The van der Waals surface area contributed by atoms with Gasteiger partial charge in [-0.25, -0.2) is 14.3 Å². The first-order valence-electron chi connectivity index (χ1n) is 8.95. The summed E-state index contributed by atoms with van der Waals surface area (Å²) in [6, 6.07) is 16.0. The number of esters is 2. The second-order valence-electron chi connectivity index (χ2n) is 6.30. The molecule has 0 spiro atoms. The van der Waals surface area contributed by atoms with Crippen molar-refractivity contribution in [1.29, 1.82) is 0 Å². The van der Waals surface area contributed by atoms with E-state index in [1.807, 2.05) is 12.1 Å². The summed E-state index contributed by atoms with van der Waals surface area (Å²) in [7, 11) is 2.47. The summed E-state index contributed by atoms with van der Waals surface area (Å²) in [6.45, 7) is 0. The van der Waals surface area contributed by atoms with Gasteiger partial charge in [0.2, 0.25) is 0 Å². The van der Waals surface area contributed by atoms with E-state index in [9.17, 15) is 9.59 Å². The molecule has 2 aromatic heterocycles. The first-order valence-corrected chi connectivity index (χ1v) is 9.33. The molecule has 0 saturated carbocycles.